The van der Waals surface area contributed by atoms with Gasteiger partial charge in [0.15, 0.2) is 0 Å². The molecule has 1 aromatic rings. The molecule has 3 atom stereocenters. The van der Waals surface area contributed by atoms with Crippen LogP contribution in [-0.2, 0) is 9.53 Å². The zero-order valence-electron chi connectivity index (χ0n) is 22.7. The first-order chi connectivity index (χ1) is 17.9. The summed E-state index contributed by atoms with van der Waals surface area (Å²) >= 11 is 7.31. The van der Waals surface area contributed by atoms with E-state index < -0.39 is 22.7 Å². The molecule has 0 unspecified atom stereocenters. The molecule has 1 saturated carbocycles. The molecule has 0 radical (unpaired) electrons. The lowest BCUT2D eigenvalue weighted by Gasteiger charge is -2.30. The molecule has 210 valence electrons. The number of amides is 2. The average Bonchev–Trinajstić information content (AvgIpc) is 3.36. The van der Waals surface area contributed by atoms with E-state index in [2.05, 4.69) is 10.6 Å². The van der Waals surface area contributed by atoms with Crippen LogP contribution in [0.1, 0.15) is 84.2 Å². The second kappa shape index (κ2) is 13.6. The largest absolute Gasteiger partial charge is 0.444 e. The van der Waals surface area contributed by atoms with Crippen molar-refractivity contribution in [3.63, 3.8) is 0 Å². The Hall–Kier alpha value is -2.40. The Kier molecular flexibility index (Phi) is 10.8. The average molecular weight is 565 g/mol. The lowest BCUT2D eigenvalue weighted by molar-refractivity contribution is -0.384. The minimum atomic E-state index is -0.645. The summed E-state index contributed by atoms with van der Waals surface area (Å²) in [5.41, 5.74) is 0.247. The highest BCUT2D eigenvalue weighted by molar-refractivity contribution is 7.99. The number of thioether (sulfide) groups is 1. The molecule has 2 amide bonds. The van der Waals surface area contributed by atoms with Crippen molar-refractivity contribution in [2.45, 2.75) is 96.4 Å². The van der Waals surface area contributed by atoms with Crippen LogP contribution in [0, 0.1) is 16.0 Å². The smallest absolute Gasteiger partial charge is 0.411 e. The van der Waals surface area contributed by atoms with Gasteiger partial charge in [-0.05, 0) is 52.0 Å². The van der Waals surface area contributed by atoms with Crippen molar-refractivity contribution in [2.24, 2.45) is 5.92 Å². The minimum absolute atomic E-state index is 0.0325. The van der Waals surface area contributed by atoms with Crippen LogP contribution < -0.4 is 10.6 Å². The maximum Gasteiger partial charge on any atom is 0.411 e. The number of nitrogens with zero attached hydrogens (tertiary/aromatic N) is 2. The molecular formula is C27H40N4O5S2. The number of nitrogens with one attached hydrogen (secondary N) is 2. The predicted molar refractivity (Wildman–Crippen MR) is 154 cm³/mol. The van der Waals surface area contributed by atoms with E-state index in [1.54, 1.807) is 32.9 Å². The highest BCUT2D eigenvalue weighted by Gasteiger charge is 2.38. The van der Waals surface area contributed by atoms with Crippen molar-refractivity contribution >= 4 is 46.7 Å². The molecule has 1 aliphatic carbocycles. The fourth-order valence-electron chi connectivity index (χ4n) is 4.86. The lowest BCUT2D eigenvalue weighted by atomic mass is 9.85. The highest BCUT2D eigenvalue weighted by atomic mass is 32.2. The SMILES string of the molecule is C[C@@H](NC(=S)[C@@H](CCC1CCCCC1)NC(=O)[C@@H]1CSCN1C(=O)OC(C)(C)C)c1ccc([N+](=O)[O-])cc1. The second-order valence-corrected chi connectivity index (χ2v) is 12.6. The van der Waals surface area contributed by atoms with E-state index in [1.807, 2.05) is 6.92 Å². The van der Waals surface area contributed by atoms with E-state index in [1.165, 1.54) is 60.9 Å². The number of carbonyl (C=O) groups excluding carboxylic acids is 2. The summed E-state index contributed by atoms with van der Waals surface area (Å²) in [5, 5.41) is 17.5. The van der Waals surface area contributed by atoms with Gasteiger partial charge in [-0.25, -0.2) is 4.79 Å². The van der Waals surface area contributed by atoms with Gasteiger partial charge in [-0.2, -0.15) is 0 Å². The Morgan fingerprint density at radius 1 is 1.18 bits per heavy atom. The molecule has 1 heterocycles. The molecule has 0 bridgehead atoms. The van der Waals surface area contributed by atoms with Gasteiger partial charge in [0.25, 0.3) is 5.69 Å². The first-order valence-electron chi connectivity index (χ1n) is 13.4. The minimum Gasteiger partial charge on any atom is -0.444 e. The number of nitro groups is 1. The number of non-ortho nitro benzene ring substituents is 1. The standard InChI is InChI=1S/C27H40N4O5S2/c1-18(20-11-13-21(14-12-20)31(34)35)28-25(37)22(15-10-19-8-6-5-7-9-19)29-24(32)23-16-38-17-30(23)26(33)36-27(2,3)4/h11-14,18-19,22-23H,5-10,15-17H2,1-4H3,(H,28,37)(H,29,32)/t18-,22-,23+/m1/s1. The summed E-state index contributed by atoms with van der Waals surface area (Å²) in [4.78, 5) is 38.7. The molecule has 2 fully saturated rings. The number of ether oxygens (including phenoxy) is 1. The van der Waals surface area contributed by atoms with Crippen LogP contribution in [0.3, 0.4) is 0 Å². The predicted octanol–water partition coefficient (Wildman–Crippen LogP) is 5.73. The van der Waals surface area contributed by atoms with Gasteiger partial charge in [-0.15, -0.1) is 11.8 Å². The van der Waals surface area contributed by atoms with Crippen LogP contribution >= 0.6 is 24.0 Å². The number of carbonyl (C=O) groups is 2. The summed E-state index contributed by atoms with van der Waals surface area (Å²) in [5.74, 6) is 1.29. The number of nitro benzene ring substituents is 1. The summed E-state index contributed by atoms with van der Waals surface area (Å²) in [6.07, 6.45) is 7.35. The molecule has 9 nitrogen and oxygen atoms in total. The van der Waals surface area contributed by atoms with E-state index in [-0.39, 0.29) is 23.7 Å². The van der Waals surface area contributed by atoms with Crippen molar-refractivity contribution < 1.29 is 19.2 Å². The molecule has 1 saturated heterocycles. The second-order valence-electron chi connectivity index (χ2n) is 11.2. The molecule has 11 heteroatoms. The van der Waals surface area contributed by atoms with Gasteiger partial charge in [0.05, 0.1) is 21.8 Å². The molecule has 0 spiro atoms. The van der Waals surface area contributed by atoms with Gasteiger partial charge in [-0.3, -0.25) is 19.8 Å². The van der Waals surface area contributed by atoms with Crippen LogP contribution in [0.25, 0.3) is 0 Å². The van der Waals surface area contributed by atoms with Crippen molar-refractivity contribution in [3.8, 4) is 0 Å². The van der Waals surface area contributed by atoms with E-state index >= 15 is 0 Å². The van der Waals surface area contributed by atoms with Crippen LogP contribution in [0.5, 0.6) is 0 Å². The molecule has 38 heavy (non-hydrogen) atoms. The van der Waals surface area contributed by atoms with Crippen molar-refractivity contribution in [1.29, 1.82) is 0 Å². The van der Waals surface area contributed by atoms with E-state index in [9.17, 15) is 19.7 Å². The van der Waals surface area contributed by atoms with Gasteiger partial charge in [-0.1, -0.05) is 56.5 Å². The third kappa shape index (κ3) is 8.83. The number of hydrogen-bond donors (Lipinski definition) is 2. The van der Waals surface area contributed by atoms with E-state index in [0.717, 1.165) is 12.0 Å². The fraction of sp³-hybridized carbons (Fsp3) is 0.667. The third-order valence-corrected chi connectivity index (χ3v) is 8.41. The van der Waals surface area contributed by atoms with Crippen LogP contribution in [-0.4, -0.2) is 56.1 Å². The van der Waals surface area contributed by atoms with Gasteiger partial charge in [0.1, 0.15) is 11.6 Å². The van der Waals surface area contributed by atoms with Crippen LogP contribution in [0.2, 0.25) is 0 Å². The summed E-state index contributed by atoms with van der Waals surface area (Å²) in [7, 11) is 0. The Labute approximate surface area is 235 Å². The number of benzene rings is 1. The molecular weight excluding hydrogens is 524 g/mol. The Morgan fingerprint density at radius 3 is 2.45 bits per heavy atom. The summed E-state index contributed by atoms with van der Waals surface area (Å²) in [6.45, 7) is 7.35. The van der Waals surface area contributed by atoms with Gasteiger partial charge < -0.3 is 15.4 Å². The first-order valence-corrected chi connectivity index (χ1v) is 14.9. The Bertz CT molecular complexity index is 992. The Morgan fingerprint density at radius 2 is 1.84 bits per heavy atom. The van der Waals surface area contributed by atoms with Crippen LogP contribution in [0.15, 0.2) is 24.3 Å². The Balaban J connectivity index is 1.68. The van der Waals surface area contributed by atoms with Gasteiger partial charge in [0, 0.05) is 23.9 Å². The summed E-state index contributed by atoms with van der Waals surface area (Å²) < 4.78 is 5.52. The molecule has 2 N–H and O–H groups in total. The zero-order valence-corrected chi connectivity index (χ0v) is 24.4. The fourth-order valence-corrected chi connectivity index (χ4v) is 6.35. The number of rotatable bonds is 9. The first kappa shape index (κ1) is 30.1. The monoisotopic (exact) mass is 564 g/mol. The van der Waals surface area contributed by atoms with Crippen molar-refractivity contribution in [2.75, 3.05) is 11.6 Å². The van der Waals surface area contributed by atoms with Crippen molar-refractivity contribution in [3.05, 3.63) is 39.9 Å². The highest BCUT2D eigenvalue weighted by Crippen LogP contribution is 2.29. The van der Waals surface area contributed by atoms with Crippen molar-refractivity contribution in [1.82, 2.24) is 15.5 Å². The maximum absolute atomic E-state index is 13.4. The van der Waals surface area contributed by atoms with E-state index in [4.69, 9.17) is 17.0 Å². The normalized spacial score (nSPS) is 19.9. The summed E-state index contributed by atoms with van der Waals surface area (Å²) in [6, 6.07) is 5.17. The molecule has 2 aliphatic rings. The van der Waals surface area contributed by atoms with E-state index in [0.29, 0.717) is 29.0 Å². The molecule has 0 aromatic heterocycles. The molecule has 1 aromatic carbocycles. The van der Waals surface area contributed by atoms with Gasteiger partial charge in [0.2, 0.25) is 5.91 Å². The van der Waals surface area contributed by atoms with Crippen LogP contribution in [0.4, 0.5) is 10.5 Å². The van der Waals surface area contributed by atoms with Gasteiger partial charge >= 0.3 is 6.09 Å². The third-order valence-electron chi connectivity index (χ3n) is 7.00. The maximum atomic E-state index is 13.4. The lowest BCUT2D eigenvalue weighted by Crippen LogP contribution is -2.54. The topological polar surface area (TPSA) is 114 Å². The molecule has 3 rings (SSSR count). The zero-order chi connectivity index (χ0) is 27.9. The quantitative estimate of drug-likeness (QED) is 0.222. The number of thiocarbonyl (C=S) groups is 1. The molecule has 1 aliphatic heterocycles. The number of hydrogen-bond acceptors (Lipinski definition) is 7.